The van der Waals surface area contributed by atoms with Gasteiger partial charge in [-0.2, -0.15) is 0 Å². The van der Waals surface area contributed by atoms with E-state index in [0.717, 1.165) is 18.0 Å². The molecule has 1 aromatic carbocycles. The molecule has 1 aliphatic rings. The molecule has 0 aromatic heterocycles. The Hall–Kier alpha value is -0.710. The van der Waals surface area contributed by atoms with Crippen molar-refractivity contribution in [3.05, 3.63) is 29.8 Å². The molecule has 1 atom stereocenters. The molecule has 1 N–H and O–H groups in total. The summed E-state index contributed by atoms with van der Waals surface area (Å²) in [4.78, 5) is 3.29. The van der Waals surface area contributed by atoms with Crippen molar-refractivity contribution < 1.29 is 4.21 Å². The summed E-state index contributed by atoms with van der Waals surface area (Å²) in [6.07, 6.45) is 2.61. The maximum absolute atomic E-state index is 12.1. The molecule has 0 aliphatic carbocycles. The van der Waals surface area contributed by atoms with E-state index in [2.05, 4.69) is 35.6 Å². The second-order valence-electron chi connectivity index (χ2n) is 5.44. The van der Waals surface area contributed by atoms with E-state index in [9.17, 15) is 4.21 Å². The summed E-state index contributed by atoms with van der Waals surface area (Å²) >= 11 is 0. The molecule has 3 nitrogen and oxygen atoms in total. The Balaban J connectivity index is 1.78. The predicted octanol–water partition coefficient (Wildman–Crippen LogP) is 2.52. The lowest BCUT2D eigenvalue weighted by molar-refractivity contribution is 0.345. The van der Waals surface area contributed by atoms with Gasteiger partial charge in [-0.3, -0.25) is 0 Å². The second-order valence-corrected chi connectivity index (χ2v) is 6.73. The molecular weight excluding hydrogens is 256 g/mol. The lowest BCUT2D eigenvalue weighted by atomic mass is 10.0. The molecule has 1 unspecified atom stereocenters. The van der Waals surface area contributed by atoms with E-state index < -0.39 is 11.0 Å². The van der Waals surface area contributed by atoms with Crippen LogP contribution >= 0.6 is 0 Å². The largest absolute Gasteiger partial charge is 0.302 e. The van der Waals surface area contributed by atoms with Crippen molar-refractivity contribution >= 4 is 11.0 Å². The molecule has 0 bridgehead atoms. The molecule has 1 saturated heterocycles. The minimum Gasteiger partial charge on any atom is -0.302 e. The highest BCUT2D eigenvalue weighted by Gasteiger charge is 2.11. The minimum absolute atomic E-state index is 0.519. The molecule has 0 amide bonds. The van der Waals surface area contributed by atoms with E-state index in [-0.39, 0.29) is 0 Å². The molecule has 0 radical (unpaired) electrons. The standard InChI is InChI=1S/C15H24N2OS/c1-13(2)14-5-7-15(8-6-14)19(18)16-9-12-17-10-3-4-11-17/h5-8,13,16H,3-4,9-12H2,1-2H3. The molecule has 0 saturated carbocycles. The fourth-order valence-corrected chi connectivity index (χ4v) is 3.19. The summed E-state index contributed by atoms with van der Waals surface area (Å²) in [5.74, 6) is 0.519. The molecule has 1 aliphatic heterocycles. The Labute approximate surface area is 119 Å². The average Bonchev–Trinajstić information content (AvgIpc) is 2.92. The third-order valence-electron chi connectivity index (χ3n) is 3.62. The third-order valence-corrected chi connectivity index (χ3v) is 4.79. The normalized spacial score (nSPS) is 18.1. The van der Waals surface area contributed by atoms with E-state index in [4.69, 9.17) is 0 Å². The summed E-state index contributed by atoms with van der Waals surface area (Å²) in [6.45, 7) is 8.50. The van der Waals surface area contributed by atoms with Gasteiger partial charge in [0, 0.05) is 13.1 Å². The highest BCUT2D eigenvalue weighted by atomic mass is 32.2. The number of hydrogen-bond acceptors (Lipinski definition) is 2. The fraction of sp³-hybridized carbons (Fsp3) is 0.600. The van der Waals surface area contributed by atoms with Crippen LogP contribution in [0.4, 0.5) is 0 Å². The maximum Gasteiger partial charge on any atom is 0.124 e. The molecule has 2 rings (SSSR count). The number of nitrogens with zero attached hydrogens (tertiary/aromatic N) is 1. The molecule has 0 spiro atoms. The topological polar surface area (TPSA) is 32.3 Å². The van der Waals surface area contributed by atoms with Gasteiger partial charge in [0.05, 0.1) is 4.90 Å². The quantitative estimate of drug-likeness (QED) is 0.868. The second kappa shape index (κ2) is 7.17. The Morgan fingerprint density at radius 3 is 2.42 bits per heavy atom. The van der Waals surface area contributed by atoms with Gasteiger partial charge in [0.25, 0.3) is 0 Å². The van der Waals surface area contributed by atoms with E-state index >= 15 is 0 Å². The first kappa shape index (κ1) is 14.7. The number of benzene rings is 1. The average molecular weight is 280 g/mol. The van der Waals surface area contributed by atoms with Crippen LogP contribution in [0.5, 0.6) is 0 Å². The zero-order valence-corrected chi connectivity index (χ0v) is 12.7. The molecule has 19 heavy (non-hydrogen) atoms. The van der Waals surface area contributed by atoms with Crippen molar-refractivity contribution in [2.24, 2.45) is 0 Å². The van der Waals surface area contributed by atoms with E-state index in [1.807, 2.05) is 12.1 Å². The zero-order chi connectivity index (χ0) is 13.7. The van der Waals surface area contributed by atoms with Gasteiger partial charge in [-0.25, -0.2) is 8.93 Å². The van der Waals surface area contributed by atoms with Gasteiger partial charge in [-0.1, -0.05) is 26.0 Å². The predicted molar refractivity (Wildman–Crippen MR) is 80.6 cm³/mol. The van der Waals surface area contributed by atoms with Crippen LogP contribution in [0.3, 0.4) is 0 Å². The zero-order valence-electron chi connectivity index (χ0n) is 11.9. The maximum atomic E-state index is 12.1. The van der Waals surface area contributed by atoms with Crippen LogP contribution in [-0.4, -0.2) is 35.3 Å². The van der Waals surface area contributed by atoms with Crippen molar-refractivity contribution in [1.82, 2.24) is 9.62 Å². The molecule has 1 heterocycles. The van der Waals surface area contributed by atoms with Gasteiger partial charge < -0.3 is 4.90 Å². The van der Waals surface area contributed by atoms with Gasteiger partial charge in [0.2, 0.25) is 0 Å². The van der Waals surface area contributed by atoms with Crippen LogP contribution in [0.25, 0.3) is 0 Å². The van der Waals surface area contributed by atoms with Gasteiger partial charge in [-0.15, -0.1) is 0 Å². The van der Waals surface area contributed by atoms with Crippen LogP contribution in [-0.2, 0) is 11.0 Å². The summed E-state index contributed by atoms with van der Waals surface area (Å²) in [5.41, 5.74) is 1.29. The Kier molecular flexibility index (Phi) is 5.55. The molecule has 1 aromatic rings. The van der Waals surface area contributed by atoms with E-state index in [1.54, 1.807) is 0 Å². The van der Waals surface area contributed by atoms with Crippen molar-refractivity contribution in [3.63, 3.8) is 0 Å². The summed E-state index contributed by atoms with van der Waals surface area (Å²) in [5, 5.41) is 0. The molecule has 4 heteroatoms. The van der Waals surface area contributed by atoms with Crippen LogP contribution in [0.15, 0.2) is 29.2 Å². The van der Waals surface area contributed by atoms with Gasteiger partial charge >= 0.3 is 0 Å². The smallest absolute Gasteiger partial charge is 0.124 e. The summed E-state index contributed by atoms with van der Waals surface area (Å²) in [6, 6.07) is 8.07. The molecule has 1 fully saturated rings. The van der Waals surface area contributed by atoms with Crippen LogP contribution in [0.2, 0.25) is 0 Å². The first-order valence-electron chi connectivity index (χ1n) is 7.14. The Morgan fingerprint density at radius 2 is 1.84 bits per heavy atom. The lowest BCUT2D eigenvalue weighted by Gasteiger charge is -2.14. The number of rotatable bonds is 6. The summed E-state index contributed by atoms with van der Waals surface area (Å²) < 4.78 is 15.2. The first-order chi connectivity index (χ1) is 9.16. The van der Waals surface area contributed by atoms with Crippen molar-refractivity contribution in [1.29, 1.82) is 0 Å². The first-order valence-corrected chi connectivity index (χ1v) is 8.29. The third kappa shape index (κ3) is 4.41. The minimum atomic E-state index is -1.08. The fourth-order valence-electron chi connectivity index (χ4n) is 2.36. The Bertz CT molecular complexity index is 411. The van der Waals surface area contributed by atoms with Crippen molar-refractivity contribution in [2.45, 2.75) is 37.5 Å². The highest BCUT2D eigenvalue weighted by Crippen LogP contribution is 2.15. The lowest BCUT2D eigenvalue weighted by Crippen LogP contribution is -2.30. The van der Waals surface area contributed by atoms with Crippen LogP contribution in [0, 0.1) is 0 Å². The number of hydrogen-bond donors (Lipinski definition) is 1. The van der Waals surface area contributed by atoms with E-state index in [1.165, 1.54) is 31.5 Å². The van der Waals surface area contributed by atoms with Gasteiger partial charge in [0.1, 0.15) is 11.0 Å². The summed E-state index contributed by atoms with van der Waals surface area (Å²) in [7, 11) is -1.08. The van der Waals surface area contributed by atoms with Crippen molar-refractivity contribution in [2.75, 3.05) is 26.2 Å². The SMILES string of the molecule is CC(C)c1ccc(S(=O)NCCN2CCCC2)cc1. The molecule has 106 valence electrons. The van der Waals surface area contributed by atoms with Gasteiger partial charge in [-0.05, 0) is 49.5 Å². The number of likely N-dealkylation sites (tertiary alicyclic amines) is 1. The van der Waals surface area contributed by atoms with Gasteiger partial charge in [0.15, 0.2) is 0 Å². The van der Waals surface area contributed by atoms with Crippen LogP contribution in [0.1, 0.15) is 38.2 Å². The van der Waals surface area contributed by atoms with Crippen LogP contribution < -0.4 is 4.72 Å². The number of nitrogens with one attached hydrogen (secondary N) is 1. The van der Waals surface area contributed by atoms with Crippen molar-refractivity contribution in [3.8, 4) is 0 Å². The van der Waals surface area contributed by atoms with E-state index in [0.29, 0.717) is 5.92 Å². The Morgan fingerprint density at radius 1 is 1.21 bits per heavy atom. The monoisotopic (exact) mass is 280 g/mol. The highest BCUT2D eigenvalue weighted by molar-refractivity contribution is 7.83. The molecular formula is C15H24N2OS.